The highest BCUT2D eigenvalue weighted by Crippen LogP contribution is 2.29. The van der Waals surface area contributed by atoms with E-state index < -0.39 is 0 Å². The molecule has 94 valence electrons. The van der Waals surface area contributed by atoms with Gasteiger partial charge in [-0.3, -0.25) is 4.79 Å². The van der Waals surface area contributed by atoms with Gasteiger partial charge in [0.25, 0.3) is 0 Å². The molecule has 1 aliphatic rings. The molecule has 0 saturated heterocycles. The van der Waals surface area contributed by atoms with Gasteiger partial charge in [0.05, 0.1) is 23.0 Å². The molecule has 0 aliphatic carbocycles. The molecule has 2 aromatic rings. The van der Waals surface area contributed by atoms with Crippen LogP contribution in [-0.4, -0.2) is 18.6 Å². The van der Waals surface area contributed by atoms with Crippen LogP contribution in [0.25, 0.3) is 10.9 Å². The molecule has 0 saturated carbocycles. The molecule has 0 spiro atoms. The Balaban J connectivity index is 2.45. The maximum absolute atomic E-state index is 12.5. The highest BCUT2D eigenvalue weighted by atomic mass is 35.5. The zero-order chi connectivity index (χ0) is 12.7. The van der Waals surface area contributed by atoms with E-state index in [2.05, 4.69) is 10.3 Å². The maximum atomic E-state index is 12.5. The summed E-state index contributed by atoms with van der Waals surface area (Å²) in [5, 5.41) is 4.17. The summed E-state index contributed by atoms with van der Waals surface area (Å²) >= 11 is 6.14. The number of aromatic nitrogens is 1. The zero-order valence-corrected chi connectivity index (χ0v) is 10.7. The Morgan fingerprint density at radius 3 is 3.00 bits per heavy atom. The number of hydrogen-bond donors (Lipinski definition) is 2. The van der Waals surface area contributed by atoms with Crippen LogP contribution < -0.4 is 15.5 Å². The second-order valence-corrected chi connectivity index (χ2v) is 4.74. The van der Waals surface area contributed by atoms with Crippen LogP contribution in [-0.2, 0) is 13.0 Å². The van der Waals surface area contributed by atoms with E-state index in [9.17, 15) is 4.79 Å². The lowest BCUT2D eigenvalue weighted by Gasteiger charge is -2.18. The molecule has 1 aliphatic heterocycles. The van der Waals surface area contributed by atoms with Gasteiger partial charge in [-0.2, -0.15) is 0 Å². The third-order valence-corrected chi connectivity index (χ3v) is 3.65. The summed E-state index contributed by atoms with van der Waals surface area (Å²) < 4.78 is 5.28. The highest BCUT2D eigenvalue weighted by Gasteiger charge is 2.18. The number of pyridine rings is 1. The largest absolute Gasteiger partial charge is 0.495 e. The van der Waals surface area contributed by atoms with Crippen molar-refractivity contribution in [3.63, 3.8) is 0 Å². The predicted molar refractivity (Wildman–Crippen MR) is 71.5 cm³/mol. The standard InChI is InChI=1S/C13H13ClN2O2/c1-18-10-3-2-8(14)11-12(10)16-9-4-5-15-6-7(9)13(11)17/h2-3,15H,4-6H2,1H3,(H,16,17). The highest BCUT2D eigenvalue weighted by molar-refractivity contribution is 6.35. The van der Waals surface area contributed by atoms with Crippen LogP contribution in [0, 0.1) is 0 Å². The first-order chi connectivity index (χ1) is 8.72. The SMILES string of the molecule is COc1ccc(Cl)c2c(=O)c3c([nH]c12)CCNC3. The summed E-state index contributed by atoms with van der Waals surface area (Å²) in [5.41, 5.74) is 2.45. The van der Waals surface area contributed by atoms with Gasteiger partial charge >= 0.3 is 0 Å². The number of aromatic amines is 1. The fourth-order valence-electron chi connectivity index (χ4n) is 2.42. The van der Waals surface area contributed by atoms with Crippen molar-refractivity contribution in [3.05, 3.63) is 38.6 Å². The molecule has 18 heavy (non-hydrogen) atoms. The average molecular weight is 265 g/mol. The van der Waals surface area contributed by atoms with Crippen molar-refractivity contribution in [3.8, 4) is 5.75 Å². The average Bonchev–Trinajstić information content (AvgIpc) is 2.39. The van der Waals surface area contributed by atoms with E-state index in [0.717, 1.165) is 24.2 Å². The smallest absolute Gasteiger partial charge is 0.195 e. The fourth-order valence-corrected chi connectivity index (χ4v) is 2.66. The van der Waals surface area contributed by atoms with Crippen LogP contribution in [0.5, 0.6) is 5.75 Å². The second-order valence-electron chi connectivity index (χ2n) is 4.34. The molecule has 5 heteroatoms. The number of H-pyrrole nitrogens is 1. The third-order valence-electron chi connectivity index (χ3n) is 3.33. The van der Waals surface area contributed by atoms with Crippen molar-refractivity contribution in [2.75, 3.05) is 13.7 Å². The Bertz CT molecular complexity index is 679. The van der Waals surface area contributed by atoms with Gasteiger partial charge in [0, 0.05) is 30.8 Å². The van der Waals surface area contributed by atoms with E-state index in [-0.39, 0.29) is 5.43 Å². The topological polar surface area (TPSA) is 54.1 Å². The normalized spacial score (nSPS) is 14.6. The first-order valence-electron chi connectivity index (χ1n) is 5.83. The molecule has 2 N–H and O–H groups in total. The molecule has 4 nitrogen and oxygen atoms in total. The number of fused-ring (bicyclic) bond motifs is 2. The first-order valence-corrected chi connectivity index (χ1v) is 6.21. The summed E-state index contributed by atoms with van der Waals surface area (Å²) in [5.74, 6) is 0.646. The Morgan fingerprint density at radius 1 is 1.39 bits per heavy atom. The summed E-state index contributed by atoms with van der Waals surface area (Å²) in [6.45, 7) is 1.46. The van der Waals surface area contributed by atoms with Gasteiger partial charge in [0.2, 0.25) is 0 Å². The number of ether oxygens (including phenoxy) is 1. The molecule has 2 heterocycles. The molecular formula is C13H13ClN2O2. The van der Waals surface area contributed by atoms with Crippen molar-refractivity contribution in [2.24, 2.45) is 0 Å². The number of halogens is 1. The number of benzene rings is 1. The van der Waals surface area contributed by atoms with Gasteiger partial charge in [0.1, 0.15) is 5.75 Å². The van der Waals surface area contributed by atoms with Gasteiger partial charge < -0.3 is 15.0 Å². The van der Waals surface area contributed by atoms with Gasteiger partial charge in [-0.15, -0.1) is 0 Å². The molecular weight excluding hydrogens is 252 g/mol. The molecule has 1 aromatic carbocycles. The zero-order valence-electron chi connectivity index (χ0n) is 9.97. The van der Waals surface area contributed by atoms with Crippen molar-refractivity contribution in [1.82, 2.24) is 10.3 Å². The monoisotopic (exact) mass is 264 g/mol. The van der Waals surface area contributed by atoms with Crippen molar-refractivity contribution < 1.29 is 4.74 Å². The van der Waals surface area contributed by atoms with Gasteiger partial charge in [-0.1, -0.05) is 11.6 Å². The minimum absolute atomic E-state index is 0.00477. The molecule has 3 rings (SSSR count). The van der Waals surface area contributed by atoms with Crippen LogP contribution in [0.15, 0.2) is 16.9 Å². The van der Waals surface area contributed by atoms with Crippen LogP contribution >= 0.6 is 11.6 Å². The first kappa shape index (κ1) is 11.6. The lowest BCUT2D eigenvalue weighted by molar-refractivity contribution is 0.418. The van der Waals surface area contributed by atoms with E-state index in [1.165, 1.54) is 0 Å². The lowest BCUT2D eigenvalue weighted by Crippen LogP contribution is -2.30. The number of methoxy groups -OCH3 is 1. The maximum Gasteiger partial charge on any atom is 0.195 e. The van der Waals surface area contributed by atoms with E-state index in [0.29, 0.717) is 28.2 Å². The summed E-state index contributed by atoms with van der Waals surface area (Å²) in [6.07, 6.45) is 0.816. The van der Waals surface area contributed by atoms with Crippen molar-refractivity contribution >= 4 is 22.5 Å². The van der Waals surface area contributed by atoms with E-state index in [1.807, 2.05) is 0 Å². The summed E-state index contributed by atoms with van der Waals surface area (Å²) in [7, 11) is 1.59. The van der Waals surface area contributed by atoms with E-state index >= 15 is 0 Å². The number of hydrogen-bond acceptors (Lipinski definition) is 3. The number of rotatable bonds is 1. The lowest BCUT2D eigenvalue weighted by atomic mass is 10.0. The minimum Gasteiger partial charge on any atom is -0.495 e. The molecule has 0 radical (unpaired) electrons. The van der Waals surface area contributed by atoms with E-state index in [4.69, 9.17) is 16.3 Å². The van der Waals surface area contributed by atoms with Crippen LogP contribution in [0.4, 0.5) is 0 Å². The minimum atomic E-state index is -0.00477. The summed E-state index contributed by atoms with van der Waals surface area (Å²) in [4.78, 5) is 15.8. The van der Waals surface area contributed by atoms with Gasteiger partial charge in [0.15, 0.2) is 5.43 Å². The van der Waals surface area contributed by atoms with Crippen LogP contribution in [0.3, 0.4) is 0 Å². The van der Waals surface area contributed by atoms with Crippen LogP contribution in [0.1, 0.15) is 11.3 Å². The molecule has 0 fully saturated rings. The molecule has 0 amide bonds. The van der Waals surface area contributed by atoms with Crippen LogP contribution in [0.2, 0.25) is 5.02 Å². The summed E-state index contributed by atoms with van der Waals surface area (Å²) in [6, 6.07) is 3.47. The quantitative estimate of drug-likeness (QED) is 0.826. The Labute approximate surface area is 109 Å². The Hall–Kier alpha value is -1.52. The third kappa shape index (κ3) is 1.61. The van der Waals surface area contributed by atoms with E-state index in [1.54, 1.807) is 19.2 Å². The predicted octanol–water partition coefficient (Wildman–Crippen LogP) is 1.84. The van der Waals surface area contributed by atoms with Crippen molar-refractivity contribution in [1.29, 1.82) is 0 Å². The fraction of sp³-hybridized carbons (Fsp3) is 0.308. The molecule has 0 unspecified atom stereocenters. The molecule has 1 aromatic heterocycles. The number of nitrogens with one attached hydrogen (secondary N) is 2. The molecule has 0 atom stereocenters. The molecule has 0 bridgehead atoms. The van der Waals surface area contributed by atoms with Gasteiger partial charge in [-0.25, -0.2) is 0 Å². The Kier molecular flexibility index (Phi) is 2.76. The second kappa shape index (κ2) is 4.30. The Morgan fingerprint density at radius 2 is 2.22 bits per heavy atom. The van der Waals surface area contributed by atoms with Crippen molar-refractivity contribution in [2.45, 2.75) is 13.0 Å². The van der Waals surface area contributed by atoms with Gasteiger partial charge in [-0.05, 0) is 12.1 Å².